The van der Waals surface area contributed by atoms with Gasteiger partial charge in [0.1, 0.15) is 11.3 Å². The van der Waals surface area contributed by atoms with Crippen LogP contribution in [0.15, 0.2) is 58.1 Å². The second kappa shape index (κ2) is 11.0. The van der Waals surface area contributed by atoms with Gasteiger partial charge in [0, 0.05) is 99.6 Å². The quantitative estimate of drug-likeness (QED) is 0.110. The van der Waals surface area contributed by atoms with Crippen LogP contribution in [0.3, 0.4) is 0 Å². The van der Waals surface area contributed by atoms with Crippen molar-refractivity contribution in [3.8, 4) is 23.0 Å². The molecule has 10 nitrogen and oxygen atoms in total. The first-order chi connectivity index (χ1) is 28.0. The average molecular weight is 826 g/mol. The zero-order valence-corrected chi connectivity index (χ0v) is 33.2. The molecule has 2 aliphatic heterocycles. The molecule has 0 amide bonds. The van der Waals surface area contributed by atoms with Crippen LogP contribution >= 0.6 is 34.8 Å². The Kier molecular flexibility index (Phi) is 6.30. The van der Waals surface area contributed by atoms with Crippen LogP contribution in [-0.4, -0.2) is 45.2 Å². The minimum Gasteiger partial charge on any atom is -0.489 e. The van der Waals surface area contributed by atoms with Crippen molar-refractivity contribution in [2.75, 3.05) is 26.4 Å². The van der Waals surface area contributed by atoms with Crippen LogP contribution in [0.5, 0.6) is 23.0 Å². The molecule has 2 atom stereocenters. The fraction of sp³-hybridized carbons (Fsp3) is 0.200. The molecule has 58 heavy (non-hydrogen) atoms. The lowest BCUT2D eigenvalue weighted by Crippen LogP contribution is -2.14. The lowest BCUT2D eigenvalue weighted by Gasteiger charge is -2.22. The van der Waals surface area contributed by atoms with Gasteiger partial charge in [-0.2, -0.15) is 0 Å². The highest BCUT2D eigenvalue weighted by Crippen LogP contribution is 2.53. The second-order valence-corrected chi connectivity index (χ2v) is 17.4. The highest BCUT2D eigenvalue weighted by atomic mass is 35.5. The van der Waals surface area contributed by atoms with E-state index in [1.54, 1.807) is 20.9 Å². The van der Waals surface area contributed by atoms with E-state index in [1.807, 2.05) is 37.3 Å². The number of hydrogen-bond donors (Lipinski definition) is 0. The molecule has 2 aliphatic rings. The number of benzene rings is 7. The first-order valence-corrected chi connectivity index (χ1v) is 20.2. The molecule has 0 aliphatic carbocycles. The standard InChI is InChI=1S/C45H27Cl3N4O6/c1-16-12-55-30-8-26-28(10-32(30)57-14-16)51-42(49-26)19-4-18(3)34-37-24(47)6-22-36-20(5-23(46)39(41(36)37)38-25(48)7-21(44(51)53)35(19)40(34)38)43-50-27-9-31-33(58-15-17(2)13-56-31)11-29(27)52(43)45(22)54/h4-11,16-17H,12-15H2,1-3H3. The van der Waals surface area contributed by atoms with Crippen LogP contribution in [0.2, 0.25) is 15.1 Å². The molecular formula is C45H27Cl3N4O6. The molecule has 4 aromatic heterocycles. The number of rotatable bonds is 0. The van der Waals surface area contributed by atoms with Crippen molar-refractivity contribution in [2.24, 2.45) is 11.8 Å². The Morgan fingerprint density at radius 1 is 0.500 bits per heavy atom. The van der Waals surface area contributed by atoms with Gasteiger partial charge in [-0.15, -0.1) is 0 Å². The summed E-state index contributed by atoms with van der Waals surface area (Å²) in [6.07, 6.45) is 0. The minimum atomic E-state index is -0.277. The fourth-order valence-electron chi connectivity index (χ4n) is 9.71. The lowest BCUT2D eigenvalue weighted by atomic mass is 9.84. The Bertz CT molecular complexity index is 3570. The molecule has 0 saturated heterocycles. The van der Waals surface area contributed by atoms with E-state index in [2.05, 4.69) is 19.9 Å². The number of aromatic nitrogens is 4. The normalized spacial score (nSPS) is 17.6. The van der Waals surface area contributed by atoms with Crippen molar-refractivity contribution >= 4 is 133 Å². The van der Waals surface area contributed by atoms with E-state index in [4.69, 9.17) is 63.7 Å². The Morgan fingerprint density at radius 3 is 1.34 bits per heavy atom. The molecule has 13 heteroatoms. The number of pyridine rings is 2. The highest BCUT2D eigenvalue weighted by Gasteiger charge is 2.30. The number of hydrogen-bond acceptors (Lipinski definition) is 8. The molecule has 0 N–H and O–H groups in total. The van der Waals surface area contributed by atoms with E-state index in [1.165, 1.54) is 0 Å². The molecule has 284 valence electrons. The highest BCUT2D eigenvalue weighted by molar-refractivity contribution is 6.54. The predicted octanol–water partition coefficient (Wildman–Crippen LogP) is 10.3. The number of fused-ring (bicyclic) bond motifs is 12. The summed E-state index contributed by atoms with van der Waals surface area (Å²) >= 11 is 22.2. The Hall–Kier alpha value is -5.81. The lowest BCUT2D eigenvalue weighted by molar-refractivity contribution is 0.228. The molecule has 6 heterocycles. The van der Waals surface area contributed by atoms with Gasteiger partial charge >= 0.3 is 0 Å². The second-order valence-electron chi connectivity index (χ2n) is 16.1. The summed E-state index contributed by atoms with van der Waals surface area (Å²) in [4.78, 5) is 39.6. The van der Waals surface area contributed by atoms with Crippen molar-refractivity contribution < 1.29 is 18.9 Å². The first-order valence-electron chi connectivity index (χ1n) is 19.1. The number of halogens is 3. The molecular weight excluding hydrogens is 799 g/mol. The van der Waals surface area contributed by atoms with Crippen LogP contribution in [0.25, 0.3) is 98.0 Å². The van der Waals surface area contributed by atoms with Crippen molar-refractivity contribution in [1.82, 2.24) is 18.8 Å². The minimum absolute atomic E-state index is 0.205. The summed E-state index contributed by atoms with van der Waals surface area (Å²) < 4.78 is 27.6. The molecule has 7 aromatic carbocycles. The smallest absolute Gasteiger partial charge is 0.264 e. The van der Waals surface area contributed by atoms with Crippen LogP contribution in [-0.2, 0) is 0 Å². The third-order valence-corrected chi connectivity index (χ3v) is 13.1. The topological polar surface area (TPSA) is 106 Å². The number of nitrogens with zero attached hydrogens (tertiary/aromatic N) is 4. The monoisotopic (exact) mass is 824 g/mol. The van der Waals surface area contributed by atoms with Crippen LogP contribution in [0, 0.1) is 18.8 Å². The number of imidazole rings is 2. The predicted molar refractivity (Wildman–Crippen MR) is 230 cm³/mol. The van der Waals surface area contributed by atoms with Gasteiger partial charge in [-0.1, -0.05) is 48.7 Å². The maximum absolute atomic E-state index is 14.7. The Labute approximate surface area is 340 Å². The first kappa shape index (κ1) is 33.2. The van der Waals surface area contributed by atoms with Crippen molar-refractivity contribution in [1.29, 1.82) is 0 Å². The van der Waals surface area contributed by atoms with Gasteiger partial charge in [-0.05, 0) is 42.1 Å². The molecule has 0 radical (unpaired) electrons. The van der Waals surface area contributed by atoms with Gasteiger partial charge in [-0.25, -0.2) is 9.97 Å². The van der Waals surface area contributed by atoms with E-state index < -0.39 is 0 Å². The number of ether oxygens (including phenoxy) is 4. The SMILES string of the molecule is Cc1cc2c3c(cc(Cl)c4c5c(Cl)cc6c7c(cc(Cl)c(c1c43)c57)c(=O)n1c3cc4c(cc3nc61)OCC(C)CO4)c(=O)n1c3cc4c(cc3nc21)OCC(C)CO4. The third kappa shape index (κ3) is 4.00. The van der Waals surface area contributed by atoms with Gasteiger partial charge in [0.05, 0.1) is 59.3 Å². The number of aryl methyl sites for hydroxylation is 1. The molecule has 0 spiro atoms. The van der Waals surface area contributed by atoms with E-state index in [0.717, 1.165) is 21.7 Å². The van der Waals surface area contributed by atoms with Gasteiger partial charge in [0.15, 0.2) is 23.0 Å². The van der Waals surface area contributed by atoms with E-state index >= 15 is 0 Å². The van der Waals surface area contributed by atoms with Crippen LogP contribution in [0.1, 0.15) is 19.4 Å². The van der Waals surface area contributed by atoms with E-state index in [-0.39, 0.29) is 23.0 Å². The zero-order valence-electron chi connectivity index (χ0n) is 31.0. The maximum Gasteiger partial charge on any atom is 0.264 e. The van der Waals surface area contributed by atoms with Gasteiger partial charge < -0.3 is 18.9 Å². The summed E-state index contributed by atoms with van der Waals surface area (Å²) in [6.45, 7) is 8.15. The average Bonchev–Trinajstić information content (AvgIpc) is 3.64. The Balaban J connectivity index is 1.18. The summed E-state index contributed by atoms with van der Waals surface area (Å²) in [6, 6.07) is 14.7. The summed E-state index contributed by atoms with van der Waals surface area (Å²) in [7, 11) is 0. The van der Waals surface area contributed by atoms with Crippen LogP contribution < -0.4 is 30.1 Å². The molecule has 11 aromatic rings. The largest absolute Gasteiger partial charge is 0.489 e. The zero-order chi connectivity index (χ0) is 39.2. The Morgan fingerprint density at radius 2 is 0.879 bits per heavy atom. The summed E-state index contributed by atoms with van der Waals surface area (Å²) in [5.41, 5.74) is 3.70. The molecule has 13 rings (SSSR count). The van der Waals surface area contributed by atoms with E-state index in [0.29, 0.717) is 146 Å². The molecule has 0 fully saturated rings. The fourth-order valence-corrected chi connectivity index (χ4v) is 10.6. The van der Waals surface area contributed by atoms with E-state index in [9.17, 15) is 9.59 Å². The summed E-state index contributed by atoms with van der Waals surface area (Å²) in [5.74, 6) is 2.72. The molecule has 0 bridgehead atoms. The van der Waals surface area contributed by atoms with Crippen molar-refractivity contribution in [2.45, 2.75) is 20.8 Å². The van der Waals surface area contributed by atoms with Gasteiger partial charge in [0.2, 0.25) is 0 Å². The summed E-state index contributed by atoms with van der Waals surface area (Å²) in [5, 5.41) is 9.09. The van der Waals surface area contributed by atoms with Crippen molar-refractivity contribution in [3.63, 3.8) is 0 Å². The van der Waals surface area contributed by atoms with Crippen LogP contribution in [0.4, 0.5) is 0 Å². The molecule has 0 saturated carbocycles. The molecule has 2 unspecified atom stereocenters. The third-order valence-electron chi connectivity index (χ3n) is 12.2. The van der Waals surface area contributed by atoms with Crippen molar-refractivity contribution in [3.05, 3.63) is 89.9 Å². The van der Waals surface area contributed by atoms with Gasteiger partial charge in [0.25, 0.3) is 11.1 Å². The van der Waals surface area contributed by atoms with Gasteiger partial charge in [-0.3, -0.25) is 18.4 Å². The maximum atomic E-state index is 14.7.